The second kappa shape index (κ2) is 7.71. The third-order valence-corrected chi connectivity index (χ3v) is 3.74. The predicted molar refractivity (Wildman–Crippen MR) is 83.0 cm³/mol. The molecule has 10 heteroatoms. The van der Waals surface area contributed by atoms with Crippen LogP contribution in [0.1, 0.15) is 12.6 Å². The fourth-order valence-corrected chi connectivity index (χ4v) is 2.40. The van der Waals surface area contributed by atoms with E-state index < -0.39 is 36.8 Å². The molecular formula is C14H22N4O6. The summed E-state index contributed by atoms with van der Waals surface area (Å²) in [6.45, 7) is -0.404. The topological polar surface area (TPSA) is 140 Å². The molecule has 1 amide bonds. The predicted octanol–water partition coefficient (Wildman–Crippen LogP) is -2.06. The summed E-state index contributed by atoms with van der Waals surface area (Å²) in [5, 5.41) is 19.5. The molecule has 10 nitrogen and oxygen atoms in total. The van der Waals surface area contributed by atoms with Gasteiger partial charge in [-0.25, -0.2) is 4.79 Å². The van der Waals surface area contributed by atoms with Gasteiger partial charge in [0.05, 0.1) is 19.6 Å². The van der Waals surface area contributed by atoms with Crippen molar-refractivity contribution in [3.8, 4) is 0 Å². The summed E-state index contributed by atoms with van der Waals surface area (Å²) in [6, 6.07) is 1.41. The van der Waals surface area contributed by atoms with E-state index in [9.17, 15) is 19.8 Å². The largest absolute Gasteiger partial charge is 0.394 e. The molecule has 134 valence electrons. The van der Waals surface area contributed by atoms with Crippen molar-refractivity contribution in [3.05, 3.63) is 22.7 Å². The first kappa shape index (κ1) is 18.3. The highest BCUT2D eigenvalue weighted by Crippen LogP contribution is 2.30. The Balaban J connectivity index is 2.15. The van der Waals surface area contributed by atoms with Gasteiger partial charge >= 0.3 is 5.69 Å². The first-order chi connectivity index (χ1) is 11.3. The molecule has 1 aromatic rings. The summed E-state index contributed by atoms with van der Waals surface area (Å²) < 4.78 is 12.2. The average molecular weight is 342 g/mol. The molecule has 0 bridgehead atoms. The average Bonchev–Trinajstić information content (AvgIpc) is 2.83. The minimum atomic E-state index is -1.15. The van der Waals surface area contributed by atoms with Crippen molar-refractivity contribution in [2.45, 2.75) is 31.0 Å². The summed E-state index contributed by atoms with van der Waals surface area (Å²) in [6.07, 6.45) is -2.48. The molecule has 2 rings (SSSR count). The number of aromatic nitrogens is 2. The number of nitrogen functional groups attached to an aromatic ring is 1. The van der Waals surface area contributed by atoms with Crippen LogP contribution >= 0.6 is 0 Å². The SMILES string of the molecule is CN(C)C(=O)CCOC1C(O)[C@@H](CO)O[C@H]1n1ccc(N)nc1=O. The van der Waals surface area contributed by atoms with E-state index in [0.717, 1.165) is 4.57 Å². The van der Waals surface area contributed by atoms with Gasteiger partial charge in [-0.15, -0.1) is 0 Å². The molecule has 2 unspecified atom stereocenters. The molecule has 1 aliphatic rings. The van der Waals surface area contributed by atoms with Crippen LogP contribution in [0.5, 0.6) is 0 Å². The number of hydrogen-bond acceptors (Lipinski definition) is 8. The number of nitrogens with two attached hydrogens (primary N) is 1. The number of anilines is 1. The first-order valence-electron chi connectivity index (χ1n) is 7.46. The van der Waals surface area contributed by atoms with Gasteiger partial charge in [-0.2, -0.15) is 4.98 Å². The van der Waals surface area contributed by atoms with Gasteiger partial charge in [-0.1, -0.05) is 0 Å². The summed E-state index contributed by atoms with van der Waals surface area (Å²) in [7, 11) is 3.25. The summed E-state index contributed by atoms with van der Waals surface area (Å²) in [4.78, 5) is 28.6. The van der Waals surface area contributed by atoms with Crippen LogP contribution in [0, 0.1) is 0 Å². The smallest absolute Gasteiger partial charge is 0.351 e. The van der Waals surface area contributed by atoms with E-state index in [4.69, 9.17) is 15.2 Å². The molecular weight excluding hydrogens is 320 g/mol. The van der Waals surface area contributed by atoms with Crippen molar-refractivity contribution in [1.29, 1.82) is 0 Å². The summed E-state index contributed by atoms with van der Waals surface area (Å²) in [5.41, 5.74) is 4.79. The van der Waals surface area contributed by atoms with Gasteiger partial charge in [0.2, 0.25) is 5.91 Å². The lowest BCUT2D eigenvalue weighted by Crippen LogP contribution is -2.38. The number of aliphatic hydroxyl groups is 2. The van der Waals surface area contributed by atoms with Gasteiger partial charge in [0.1, 0.15) is 24.1 Å². The fraction of sp³-hybridized carbons (Fsp3) is 0.643. The highest BCUT2D eigenvalue weighted by Gasteiger charge is 2.45. The lowest BCUT2D eigenvalue weighted by atomic mass is 10.1. The zero-order chi connectivity index (χ0) is 17.9. The molecule has 2 heterocycles. The molecule has 1 fully saturated rings. The molecule has 1 saturated heterocycles. The van der Waals surface area contributed by atoms with Crippen LogP contribution in [-0.4, -0.2) is 76.2 Å². The third kappa shape index (κ3) is 3.90. The minimum Gasteiger partial charge on any atom is -0.394 e. The Hall–Kier alpha value is -2.01. The van der Waals surface area contributed by atoms with E-state index in [1.54, 1.807) is 14.1 Å². The maximum Gasteiger partial charge on any atom is 0.351 e. The Morgan fingerprint density at radius 2 is 2.25 bits per heavy atom. The van der Waals surface area contributed by atoms with Gasteiger partial charge in [0, 0.05) is 20.3 Å². The fourth-order valence-electron chi connectivity index (χ4n) is 2.40. The molecule has 0 spiro atoms. The van der Waals surface area contributed by atoms with Gasteiger partial charge in [-0.3, -0.25) is 9.36 Å². The maximum atomic E-state index is 12.0. The van der Waals surface area contributed by atoms with E-state index in [1.165, 1.54) is 17.2 Å². The van der Waals surface area contributed by atoms with Crippen molar-refractivity contribution in [2.24, 2.45) is 0 Å². The highest BCUT2D eigenvalue weighted by molar-refractivity contribution is 5.75. The summed E-state index contributed by atoms with van der Waals surface area (Å²) in [5.74, 6) is -0.0764. The monoisotopic (exact) mass is 342 g/mol. The molecule has 0 saturated carbocycles. The molecule has 0 radical (unpaired) electrons. The minimum absolute atomic E-state index is 0.0356. The number of aliphatic hydroxyl groups excluding tert-OH is 2. The highest BCUT2D eigenvalue weighted by atomic mass is 16.6. The number of carbonyl (C=O) groups is 1. The van der Waals surface area contributed by atoms with Crippen LogP contribution in [0.4, 0.5) is 5.82 Å². The van der Waals surface area contributed by atoms with Crippen LogP contribution in [0.3, 0.4) is 0 Å². The number of rotatable bonds is 6. The number of amides is 1. The lowest BCUT2D eigenvalue weighted by molar-refractivity contribution is -0.132. The van der Waals surface area contributed by atoms with Crippen LogP contribution in [0.25, 0.3) is 0 Å². The van der Waals surface area contributed by atoms with E-state index in [-0.39, 0.29) is 24.8 Å². The van der Waals surface area contributed by atoms with Crippen LogP contribution in [-0.2, 0) is 14.3 Å². The second-order valence-corrected chi connectivity index (χ2v) is 5.65. The van der Waals surface area contributed by atoms with Crippen molar-refractivity contribution in [1.82, 2.24) is 14.5 Å². The molecule has 4 atom stereocenters. The quantitative estimate of drug-likeness (QED) is 0.536. The van der Waals surface area contributed by atoms with E-state index in [2.05, 4.69) is 4.98 Å². The van der Waals surface area contributed by atoms with Gasteiger partial charge in [-0.05, 0) is 6.07 Å². The van der Waals surface area contributed by atoms with E-state index in [1.807, 2.05) is 0 Å². The second-order valence-electron chi connectivity index (χ2n) is 5.65. The van der Waals surface area contributed by atoms with Crippen LogP contribution < -0.4 is 11.4 Å². The van der Waals surface area contributed by atoms with Gasteiger partial charge in [0.15, 0.2) is 6.23 Å². The zero-order valence-electron chi connectivity index (χ0n) is 13.5. The Morgan fingerprint density at radius 3 is 2.83 bits per heavy atom. The molecule has 1 aromatic heterocycles. The first-order valence-corrected chi connectivity index (χ1v) is 7.46. The third-order valence-electron chi connectivity index (χ3n) is 3.74. The lowest BCUT2D eigenvalue weighted by Gasteiger charge is -2.22. The van der Waals surface area contributed by atoms with E-state index in [0.29, 0.717) is 0 Å². The van der Waals surface area contributed by atoms with Crippen molar-refractivity contribution in [2.75, 3.05) is 33.0 Å². The van der Waals surface area contributed by atoms with Gasteiger partial charge < -0.3 is 30.3 Å². The maximum absolute atomic E-state index is 12.0. The van der Waals surface area contributed by atoms with Crippen LogP contribution in [0.2, 0.25) is 0 Å². The van der Waals surface area contributed by atoms with Crippen molar-refractivity contribution in [3.63, 3.8) is 0 Å². The molecule has 4 N–H and O–H groups in total. The molecule has 24 heavy (non-hydrogen) atoms. The Kier molecular flexibility index (Phi) is 5.89. The molecule has 0 aromatic carbocycles. The van der Waals surface area contributed by atoms with Crippen molar-refractivity contribution >= 4 is 11.7 Å². The number of nitrogens with zero attached hydrogens (tertiary/aromatic N) is 3. The number of carbonyl (C=O) groups excluding carboxylic acids is 1. The molecule has 1 aliphatic heterocycles. The number of hydrogen-bond donors (Lipinski definition) is 3. The van der Waals surface area contributed by atoms with Crippen LogP contribution in [0.15, 0.2) is 17.1 Å². The van der Waals surface area contributed by atoms with Crippen molar-refractivity contribution < 1.29 is 24.5 Å². The summed E-state index contributed by atoms with van der Waals surface area (Å²) >= 11 is 0. The zero-order valence-corrected chi connectivity index (χ0v) is 13.5. The normalized spacial score (nSPS) is 26.5. The Morgan fingerprint density at radius 1 is 1.54 bits per heavy atom. The van der Waals surface area contributed by atoms with Gasteiger partial charge in [0.25, 0.3) is 0 Å². The Bertz CT molecular complexity index is 634. The standard InChI is InChI=1S/C14H22N4O6/c1-17(2)10(20)4-6-23-12-11(21)8(7-19)24-13(12)18-5-3-9(15)16-14(18)22/h3,5,8,11-13,19,21H,4,6-7H2,1-2H3,(H2,15,16,22)/t8-,11?,12?,13-/m1/s1. The van der Waals surface area contributed by atoms with E-state index >= 15 is 0 Å². The molecule has 0 aliphatic carbocycles. The number of ether oxygens (including phenoxy) is 2. The Labute approximate surface area is 138 Å².